The van der Waals surface area contributed by atoms with Gasteiger partial charge in [-0.3, -0.25) is 0 Å². The highest BCUT2D eigenvalue weighted by atomic mass is 19.1. The van der Waals surface area contributed by atoms with Crippen molar-refractivity contribution in [3.05, 3.63) is 60.8 Å². The van der Waals surface area contributed by atoms with Gasteiger partial charge in [0, 0.05) is 37.9 Å². The third-order valence-electron chi connectivity index (χ3n) is 4.26. The van der Waals surface area contributed by atoms with Gasteiger partial charge in [0.2, 0.25) is 0 Å². The van der Waals surface area contributed by atoms with E-state index in [4.69, 9.17) is 0 Å². The van der Waals surface area contributed by atoms with Gasteiger partial charge in [0.1, 0.15) is 18.0 Å². The van der Waals surface area contributed by atoms with E-state index in [1.54, 1.807) is 18.6 Å². The highest BCUT2D eigenvalue weighted by molar-refractivity contribution is 5.59. The molecule has 0 saturated carbocycles. The number of hydrogen-bond acceptors (Lipinski definition) is 6. The lowest BCUT2D eigenvalue weighted by Crippen LogP contribution is -2.47. The summed E-state index contributed by atoms with van der Waals surface area (Å²) in [6.45, 7) is 3.42. The maximum absolute atomic E-state index is 13.3. The fourth-order valence-electron chi connectivity index (χ4n) is 2.93. The van der Waals surface area contributed by atoms with Gasteiger partial charge in [-0.25, -0.2) is 14.4 Å². The number of piperazine rings is 1. The molecule has 0 N–H and O–H groups in total. The van der Waals surface area contributed by atoms with Crippen LogP contribution in [0.2, 0.25) is 0 Å². The number of halogens is 1. The highest BCUT2D eigenvalue weighted by Crippen LogP contribution is 2.21. The van der Waals surface area contributed by atoms with E-state index in [0.717, 1.165) is 43.4 Å². The SMILES string of the molecule is Fc1cccc(-c2ccc(N3CCN(c4ccncn4)CC3)nn2)c1. The Hall–Kier alpha value is -3.09. The first-order valence-electron chi connectivity index (χ1n) is 8.15. The predicted octanol–water partition coefficient (Wildman–Crippen LogP) is 2.40. The Balaban J connectivity index is 1.43. The predicted molar refractivity (Wildman–Crippen MR) is 93.9 cm³/mol. The summed E-state index contributed by atoms with van der Waals surface area (Å²) in [6, 6.07) is 12.1. The second-order valence-corrected chi connectivity index (χ2v) is 5.83. The Kier molecular flexibility index (Phi) is 4.20. The van der Waals surface area contributed by atoms with Gasteiger partial charge >= 0.3 is 0 Å². The molecule has 0 aliphatic carbocycles. The first-order chi connectivity index (χ1) is 12.3. The lowest BCUT2D eigenvalue weighted by Gasteiger charge is -2.35. The van der Waals surface area contributed by atoms with Gasteiger partial charge < -0.3 is 9.80 Å². The zero-order valence-electron chi connectivity index (χ0n) is 13.6. The number of nitrogens with zero attached hydrogens (tertiary/aromatic N) is 6. The average molecular weight is 336 g/mol. The lowest BCUT2D eigenvalue weighted by molar-refractivity contribution is 0.628. The molecule has 0 unspecified atom stereocenters. The van der Waals surface area contributed by atoms with Gasteiger partial charge in [-0.05, 0) is 30.3 Å². The van der Waals surface area contributed by atoms with Gasteiger partial charge in [0.15, 0.2) is 5.82 Å². The molecule has 0 amide bonds. The Bertz CT molecular complexity index is 832. The minimum atomic E-state index is -0.274. The summed E-state index contributed by atoms with van der Waals surface area (Å²) in [5.74, 6) is 1.51. The second-order valence-electron chi connectivity index (χ2n) is 5.83. The van der Waals surface area contributed by atoms with Crippen molar-refractivity contribution in [2.45, 2.75) is 0 Å². The summed E-state index contributed by atoms with van der Waals surface area (Å²) in [5, 5.41) is 8.57. The van der Waals surface area contributed by atoms with Crippen molar-refractivity contribution in [1.82, 2.24) is 20.2 Å². The average Bonchev–Trinajstić information content (AvgIpc) is 2.69. The zero-order chi connectivity index (χ0) is 17.1. The molecule has 3 aromatic rings. The minimum Gasteiger partial charge on any atom is -0.353 e. The molecule has 1 aliphatic rings. The molecule has 0 atom stereocenters. The molecular formula is C18H17FN6. The Morgan fingerprint density at radius 2 is 1.64 bits per heavy atom. The van der Waals surface area contributed by atoms with E-state index >= 15 is 0 Å². The van der Waals surface area contributed by atoms with Crippen molar-refractivity contribution in [2.75, 3.05) is 36.0 Å². The van der Waals surface area contributed by atoms with Gasteiger partial charge in [0.05, 0.1) is 5.69 Å². The number of benzene rings is 1. The Morgan fingerprint density at radius 1 is 0.840 bits per heavy atom. The van der Waals surface area contributed by atoms with E-state index < -0.39 is 0 Å². The Labute approximate surface area is 145 Å². The summed E-state index contributed by atoms with van der Waals surface area (Å²) in [6.07, 6.45) is 3.32. The summed E-state index contributed by atoms with van der Waals surface area (Å²) >= 11 is 0. The quantitative estimate of drug-likeness (QED) is 0.732. The van der Waals surface area contributed by atoms with Gasteiger partial charge in [-0.15, -0.1) is 10.2 Å². The normalized spacial score (nSPS) is 14.6. The van der Waals surface area contributed by atoms with Crippen LogP contribution in [0.1, 0.15) is 0 Å². The first kappa shape index (κ1) is 15.4. The fourth-order valence-corrected chi connectivity index (χ4v) is 2.93. The third-order valence-corrected chi connectivity index (χ3v) is 4.26. The van der Waals surface area contributed by atoms with E-state index in [9.17, 15) is 4.39 Å². The molecule has 1 aliphatic heterocycles. The summed E-state index contributed by atoms with van der Waals surface area (Å²) < 4.78 is 13.3. The monoisotopic (exact) mass is 336 g/mol. The summed E-state index contributed by atoms with van der Waals surface area (Å²) in [5.41, 5.74) is 1.40. The van der Waals surface area contributed by atoms with Crippen LogP contribution in [0.4, 0.5) is 16.0 Å². The number of rotatable bonds is 3. The van der Waals surface area contributed by atoms with Crippen LogP contribution in [0.3, 0.4) is 0 Å². The molecule has 6 nitrogen and oxygen atoms in total. The van der Waals surface area contributed by atoms with Crippen molar-refractivity contribution >= 4 is 11.6 Å². The van der Waals surface area contributed by atoms with Crippen molar-refractivity contribution in [1.29, 1.82) is 0 Å². The van der Waals surface area contributed by atoms with Crippen LogP contribution in [-0.2, 0) is 0 Å². The molecule has 3 heterocycles. The molecule has 7 heteroatoms. The molecule has 1 fully saturated rings. The number of anilines is 2. The van der Waals surface area contributed by atoms with Crippen molar-refractivity contribution in [3.63, 3.8) is 0 Å². The fraction of sp³-hybridized carbons (Fsp3) is 0.222. The van der Waals surface area contributed by atoms with Crippen LogP contribution in [0.25, 0.3) is 11.3 Å². The van der Waals surface area contributed by atoms with Crippen molar-refractivity contribution in [3.8, 4) is 11.3 Å². The van der Waals surface area contributed by atoms with Crippen LogP contribution >= 0.6 is 0 Å². The van der Waals surface area contributed by atoms with E-state index in [-0.39, 0.29) is 5.82 Å². The molecule has 4 rings (SSSR count). The maximum atomic E-state index is 13.3. The Morgan fingerprint density at radius 3 is 2.28 bits per heavy atom. The molecule has 2 aromatic heterocycles. The summed E-state index contributed by atoms with van der Waals surface area (Å²) in [7, 11) is 0. The number of aromatic nitrogens is 4. The van der Waals surface area contributed by atoms with Gasteiger partial charge in [-0.2, -0.15) is 0 Å². The largest absolute Gasteiger partial charge is 0.353 e. The van der Waals surface area contributed by atoms with E-state index in [2.05, 4.69) is 30.0 Å². The van der Waals surface area contributed by atoms with Gasteiger partial charge in [-0.1, -0.05) is 12.1 Å². The highest BCUT2D eigenvalue weighted by Gasteiger charge is 2.19. The van der Waals surface area contributed by atoms with E-state index in [1.165, 1.54) is 12.1 Å². The number of hydrogen-bond donors (Lipinski definition) is 0. The second kappa shape index (κ2) is 6.80. The summed E-state index contributed by atoms with van der Waals surface area (Å²) in [4.78, 5) is 12.7. The van der Waals surface area contributed by atoms with Crippen LogP contribution in [0.5, 0.6) is 0 Å². The van der Waals surface area contributed by atoms with Crippen LogP contribution < -0.4 is 9.80 Å². The molecule has 1 aromatic carbocycles. The standard InChI is InChI=1S/C18H17FN6/c19-15-3-1-2-14(12-15)16-4-5-18(23-22-16)25-10-8-24(9-11-25)17-6-7-20-13-21-17/h1-7,12-13H,8-11H2. The van der Waals surface area contributed by atoms with E-state index in [1.807, 2.05) is 24.3 Å². The minimum absolute atomic E-state index is 0.274. The molecule has 0 spiro atoms. The molecular weight excluding hydrogens is 319 g/mol. The first-order valence-corrected chi connectivity index (χ1v) is 8.15. The zero-order valence-corrected chi connectivity index (χ0v) is 13.6. The molecule has 0 bridgehead atoms. The van der Waals surface area contributed by atoms with Gasteiger partial charge in [0.25, 0.3) is 0 Å². The van der Waals surface area contributed by atoms with Crippen LogP contribution in [-0.4, -0.2) is 46.3 Å². The van der Waals surface area contributed by atoms with Crippen molar-refractivity contribution in [2.24, 2.45) is 0 Å². The van der Waals surface area contributed by atoms with Crippen molar-refractivity contribution < 1.29 is 4.39 Å². The van der Waals surface area contributed by atoms with Crippen LogP contribution in [0, 0.1) is 5.82 Å². The third kappa shape index (κ3) is 3.40. The maximum Gasteiger partial charge on any atom is 0.151 e. The lowest BCUT2D eigenvalue weighted by atomic mass is 10.1. The molecule has 1 saturated heterocycles. The molecule has 25 heavy (non-hydrogen) atoms. The van der Waals surface area contributed by atoms with E-state index in [0.29, 0.717) is 5.69 Å². The molecule has 0 radical (unpaired) electrons. The smallest absolute Gasteiger partial charge is 0.151 e. The van der Waals surface area contributed by atoms with Crippen LogP contribution in [0.15, 0.2) is 55.0 Å². The molecule has 126 valence electrons. The topological polar surface area (TPSA) is 58.0 Å².